The number of benzene rings is 2. The first-order valence-corrected chi connectivity index (χ1v) is 10.1. The highest BCUT2D eigenvalue weighted by Gasteiger charge is 2.12. The van der Waals surface area contributed by atoms with E-state index in [1.165, 1.54) is 0 Å². The van der Waals surface area contributed by atoms with Crippen molar-refractivity contribution in [2.45, 2.75) is 0 Å². The lowest BCUT2D eigenvalue weighted by atomic mass is 10.1. The lowest BCUT2D eigenvalue weighted by molar-refractivity contribution is 0.0951. The fourth-order valence-electron chi connectivity index (χ4n) is 3.32. The Kier molecular flexibility index (Phi) is 5.95. The maximum Gasteiger partial charge on any atom is 0.251 e. The smallest absolute Gasteiger partial charge is 0.251 e. The van der Waals surface area contributed by atoms with Crippen molar-refractivity contribution in [2.24, 2.45) is 0 Å². The molecule has 0 atom stereocenters. The number of nitrogens with one attached hydrogen (secondary N) is 1. The summed E-state index contributed by atoms with van der Waals surface area (Å²) in [5.41, 5.74) is 4.81. The summed E-state index contributed by atoms with van der Waals surface area (Å²) in [7, 11) is 5.60. The van der Waals surface area contributed by atoms with Gasteiger partial charge in [-0.2, -0.15) is 5.10 Å². The highest BCUT2D eigenvalue weighted by atomic mass is 16.5. The van der Waals surface area contributed by atoms with Crippen molar-refractivity contribution in [1.29, 1.82) is 0 Å². The van der Waals surface area contributed by atoms with Crippen molar-refractivity contribution in [3.05, 3.63) is 72.4 Å². The summed E-state index contributed by atoms with van der Waals surface area (Å²) >= 11 is 0. The summed E-state index contributed by atoms with van der Waals surface area (Å²) in [6.45, 7) is 1.38. The molecule has 0 bridgehead atoms. The number of imidazole rings is 1. The predicted octanol–water partition coefficient (Wildman–Crippen LogP) is 3.36. The minimum absolute atomic E-state index is 0.0949. The van der Waals surface area contributed by atoms with E-state index in [2.05, 4.69) is 10.3 Å². The van der Waals surface area contributed by atoms with E-state index >= 15 is 0 Å². The van der Waals surface area contributed by atoms with Crippen LogP contribution >= 0.6 is 0 Å². The first-order chi connectivity index (χ1) is 15.0. The molecule has 2 aromatic heterocycles. The second-order valence-electron chi connectivity index (χ2n) is 7.50. The molecule has 0 radical (unpaired) electrons. The molecule has 1 amide bonds. The largest absolute Gasteiger partial charge is 0.497 e. The zero-order valence-electron chi connectivity index (χ0n) is 17.9. The van der Waals surface area contributed by atoms with Crippen molar-refractivity contribution in [3.8, 4) is 28.3 Å². The number of likely N-dealkylation sites (N-methyl/N-ethyl adjacent to an activating group) is 1. The molecule has 0 aliphatic carbocycles. The summed E-state index contributed by atoms with van der Waals surface area (Å²) in [6.07, 6.45) is 1.78. The van der Waals surface area contributed by atoms with Crippen molar-refractivity contribution in [2.75, 3.05) is 34.3 Å². The van der Waals surface area contributed by atoms with E-state index in [0.29, 0.717) is 12.1 Å². The molecule has 31 heavy (non-hydrogen) atoms. The summed E-state index contributed by atoms with van der Waals surface area (Å²) in [4.78, 5) is 19.0. The Morgan fingerprint density at radius 1 is 1.06 bits per heavy atom. The van der Waals surface area contributed by atoms with E-state index in [9.17, 15) is 4.79 Å². The maximum atomic E-state index is 12.5. The number of hydrogen-bond donors (Lipinski definition) is 1. The molecule has 0 saturated carbocycles. The van der Waals surface area contributed by atoms with Gasteiger partial charge in [0.15, 0.2) is 5.65 Å². The number of aromatic nitrogens is 3. The van der Waals surface area contributed by atoms with Gasteiger partial charge >= 0.3 is 0 Å². The van der Waals surface area contributed by atoms with Crippen LogP contribution < -0.4 is 10.1 Å². The Bertz CT molecular complexity index is 1220. The zero-order valence-corrected chi connectivity index (χ0v) is 17.9. The van der Waals surface area contributed by atoms with Crippen LogP contribution in [0, 0.1) is 0 Å². The summed E-state index contributed by atoms with van der Waals surface area (Å²) < 4.78 is 7.13. The monoisotopic (exact) mass is 415 g/mol. The Balaban J connectivity index is 1.66. The number of fused-ring (bicyclic) bond motifs is 1. The molecule has 4 aromatic rings. The summed E-state index contributed by atoms with van der Waals surface area (Å²) in [6, 6.07) is 19.2. The van der Waals surface area contributed by atoms with Crippen LogP contribution in [0.2, 0.25) is 0 Å². The third-order valence-electron chi connectivity index (χ3n) is 4.99. The van der Waals surface area contributed by atoms with Gasteiger partial charge in [0, 0.05) is 29.8 Å². The quantitative estimate of drug-likeness (QED) is 0.501. The molecule has 7 nitrogen and oxygen atoms in total. The first-order valence-electron chi connectivity index (χ1n) is 10.1. The van der Waals surface area contributed by atoms with Crippen molar-refractivity contribution >= 4 is 11.6 Å². The van der Waals surface area contributed by atoms with E-state index in [-0.39, 0.29) is 5.91 Å². The van der Waals surface area contributed by atoms with Gasteiger partial charge in [-0.3, -0.25) is 4.79 Å². The molecular weight excluding hydrogens is 390 g/mol. The molecular formula is C24H25N5O2. The van der Waals surface area contributed by atoms with Crippen LogP contribution in [0.25, 0.3) is 28.2 Å². The average Bonchev–Trinajstić information content (AvgIpc) is 3.22. The van der Waals surface area contributed by atoms with Crippen molar-refractivity contribution in [3.63, 3.8) is 0 Å². The average molecular weight is 415 g/mol. The number of amides is 1. The summed E-state index contributed by atoms with van der Waals surface area (Å²) in [5.74, 6) is 0.681. The molecule has 0 aliphatic heterocycles. The number of methoxy groups -OCH3 is 1. The number of hydrogen-bond acceptors (Lipinski definition) is 5. The van der Waals surface area contributed by atoms with Gasteiger partial charge in [0.05, 0.1) is 24.7 Å². The van der Waals surface area contributed by atoms with Crippen LogP contribution in [0.1, 0.15) is 10.4 Å². The van der Waals surface area contributed by atoms with Crippen LogP contribution in [-0.2, 0) is 0 Å². The van der Waals surface area contributed by atoms with Crippen molar-refractivity contribution in [1.82, 2.24) is 24.8 Å². The molecule has 2 heterocycles. The van der Waals surface area contributed by atoms with Gasteiger partial charge < -0.3 is 15.0 Å². The minimum atomic E-state index is -0.0949. The van der Waals surface area contributed by atoms with E-state index < -0.39 is 0 Å². The van der Waals surface area contributed by atoms with Gasteiger partial charge in [0.25, 0.3) is 5.91 Å². The minimum Gasteiger partial charge on any atom is -0.497 e. The number of rotatable bonds is 7. The molecule has 0 aliphatic rings. The first kappa shape index (κ1) is 20.6. The lowest BCUT2D eigenvalue weighted by Crippen LogP contribution is -2.31. The van der Waals surface area contributed by atoms with Gasteiger partial charge in [-0.1, -0.05) is 24.3 Å². The highest BCUT2D eigenvalue weighted by molar-refractivity contribution is 5.95. The molecule has 158 valence electrons. The highest BCUT2D eigenvalue weighted by Crippen LogP contribution is 2.25. The third-order valence-corrected chi connectivity index (χ3v) is 4.99. The molecule has 0 spiro atoms. The Morgan fingerprint density at radius 2 is 1.87 bits per heavy atom. The number of ether oxygens (including phenoxy) is 1. The predicted molar refractivity (Wildman–Crippen MR) is 121 cm³/mol. The molecule has 0 unspecified atom stereocenters. The normalized spacial score (nSPS) is 11.1. The maximum absolute atomic E-state index is 12.5. The molecule has 0 fully saturated rings. The van der Waals surface area contributed by atoms with Gasteiger partial charge in [0.2, 0.25) is 0 Å². The van der Waals surface area contributed by atoms with E-state index in [1.54, 1.807) is 17.8 Å². The third kappa shape index (κ3) is 4.57. The van der Waals surface area contributed by atoms with Gasteiger partial charge in [0.1, 0.15) is 5.75 Å². The molecule has 0 saturated heterocycles. The summed E-state index contributed by atoms with van der Waals surface area (Å²) in [5, 5.41) is 7.74. The van der Waals surface area contributed by atoms with E-state index in [0.717, 1.165) is 40.5 Å². The van der Waals surface area contributed by atoms with Crippen LogP contribution in [0.15, 0.2) is 66.9 Å². The van der Waals surface area contributed by atoms with Crippen LogP contribution in [0.3, 0.4) is 0 Å². The van der Waals surface area contributed by atoms with Crippen LogP contribution in [-0.4, -0.2) is 59.7 Å². The SMILES string of the molecule is COc1cccc(-c2ccc3ncc(-c4cccc(C(=O)NCCN(C)C)c4)n3n2)c1. The Morgan fingerprint density at radius 3 is 2.68 bits per heavy atom. The van der Waals surface area contributed by atoms with Crippen molar-refractivity contribution < 1.29 is 9.53 Å². The van der Waals surface area contributed by atoms with Crippen LogP contribution in [0.4, 0.5) is 0 Å². The fourth-order valence-corrected chi connectivity index (χ4v) is 3.32. The molecule has 7 heteroatoms. The van der Waals surface area contributed by atoms with Gasteiger partial charge in [-0.25, -0.2) is 9.50 Å². The zero-order chi connectivity index (χ0) is 21.8. The Hall–Kier alpha value is -3.71. The number of carbonyl (C=O) groups is 1. The van der Waals surface area contributed by atoms with E-state index in [4.69, 9.17) is 9.84 Å². The lowest BCUT2D eigenvalue weighted by Gasteiger charge is -2.11. The Labute approximate surface area is 181 Å². The topological polar surface area (TPSA) is 71.8 Å². The van der Waals surface area contributed by atoms with Gasteiger partial charge in [-0.05, 0) is 50.5 Å². The standard InChI is InChI=1S/C24H25N5O2/c1-28(2)13-12-25-24(30)19-8-4-7-18(14-19)22-16-26-23-11-10-21(27-29(22)23)17-6-5-9-20(15-17)31-3/h4-11,14-16H,12-13H2,1-3H3,(H,25,30). The number of nitrogens with zero attached hydrogens (tertiary/aromatic N) is 4. The number of carbonyl (C=O) groups excluding carboxylic acids is 1. The molecule has 4 rings (SSSR count). The molecule has 2 aromatic carbocycles. The van der Waals surface area contributed by atoms with E-state index in [1.807, 2.05) is 79.7 Å². The fraction of sp³-hybridized carbons (Fsp3) is 0.208. The second kappa shape index (κ2) is 8.97. The van der Waals surface area contributed by atoms with Crippen LogP contribution in [0.5, 0.6) is 5.75 Å². The molecule has 1 N–H and O–H groups in total. The van der Waals surface area contributed by atoms with Gasteiger partial charge in [-0.15, -0.1) is 0 Å². The second-order valence-corrected chi connectivity index (χ2v) is 7.50.